The van der Waals surface area contributed by atoms with Crippen LogP contribution in [0.25, 0.3) is 0 Å². The Morgan fingerprint density at radius 2 is 2.14 bits per heavy atom. The fraction of sp³-hybridized carbons (Fsp3) is 0.692. The van der Waals surface area contributed by atoms with Crippen molar-refractivity contribution in [1.29, 1.82) is 0 Å². The second kappa shape index (κ2) is 4.19. The number of hydrogen-bond acceptors (Lipinski definition) is 1. The molecule has 1 aliphatic rings. The Bertz CT molecular complexity index is 267. The summed E-state index contributed by atoms with van der Waals surface area (Å²) in [6.07, 6.45) is 6.32. The molecule has 0 aliphatic heterocycles. The van der Waals surface area contributed by atoms with Crippen LogP contribution in [0.15, 0.2) is 12.7 Å². The van der Waals surface area contributed by atoms with Crippen molar-refractivity contribution >= 4 is 0 Å². The maximum Gasteiger partial charge on any atom is 0.126 e. The van der Waals surface area contributed by atoms with Gasteiger partial charge in [0.1, 0.15) is 5.60 Å². The highest BCUT2D eigenvalue weighted by Crippen LogP contribution is 2.40. The van der Waals surface area contributed by atoms with Gasteiger partial charge in [0.2, 0.25) is 0 Å². The molecule has 1 saturated carbocycles. The van der Waals surface area contributed by atoms with Crippen LogP contribution in [0.4, 0.5) is 0 Å². The number of rotatable bonds is 1. The topological polar surface area (TPSA) is 20.2 Å². The fourth-order valence-electron chi connectivity index (χ4n) is 2.22. The van der Waals surface area contributed by atoms with Gasteiger partial charge in [-0.15, -0.1) is 6.58 Å². The maximum absolute atomic E-state index is 10.2. The first-order valence-corrected chi connectivity index (χ1v) is 5.31. The zero-order valence-corrected chi connectivity index (χ0v) is 9.27. The van der Waals surface area contributed by atoms with E-state index >= 15 is 0 Å². The summed E-state index contributed by atoms with van der Waals surface area (Å²) >= 11 is 0. The molecule has 1 N–H and O–H groups in total. The summed E-state index contributed by atoms with van der Waals surface area (Å²) in [4.78, 5) is 0. The van der Waals surface area contributed by atoms with Crippen molar-refractivity contribution < 1.29 is 5.11 Å². The van der Waals surface area contributed by atoms with Gasteiger partial charge in [-0.1, -0.05) is 31.8 Å². The summed E-state index contributed by atoms with van der Waals surface area (Å²) in [6.45, 7) is 8.01. The molecule has 1 rings (SSSR count). The van der Waals surface area contributed by atoms with Crippen molar-refractivity contribution in [2.45, 2.75) is 51.6 Å². The van der Waals surface area contributed by atoms with Crippen molar-refractivity contribution in [1.82, 2.24) is 0 Å². The lowest BCUT2D eigenvalue weighted by atomic mass is 9.70. The van der Waals surface area contributed by atoms with Gasteiger partial charge < -0.3 is 5.11 Å². The van der Waals surface area contributed by atoms with Crippen molar-refractivity contribution in [3.05, 3.63) is 12.7 Å². The van der Waals surface area contributed by atoms with Crippen LogP contribution in [0.5, 0.6) is 0 Å². The van der Waals surface area contributed by atoms with E-state index in [1.807, 2.05) is 0 Å². The van der Waals surface area contributed by atoms with E-state index in [4.69, 9.17) is 0 Å². The predicted molar refractivity (Wildman–Crippen MR) is 59.8 cm³/mol. The highest BCUT2D eigenvalue weighted by Gasteiger charge is 2.36. The summed E-state index contributed by atoms with van der Waals surface area (Å²) in [5.74, 6) is 5.95. The number of aliphatic hydroxyl groups is 1. The Balaban J connectivity index is 2.65. The minimum Gasteiger partial charge on any atom is -0.378 e. The van der Waals surface area contributed by atoms with Gasteiger partial charge in [0.25, 0.3) is 0 Å². The van der Waals surface area contributed by atoms with Gasteiger partial charge in [0.05, 0.1) is 0 Å². The molecule has 0 heterocycles. The second-order valence-corrected chi connectivity index (χ2v) is 5.02. The molecule has 14 heavy (non-hydrogen) atoms. The number of allylic oxidation sites excluding steroid dienone is 1. The summed E-state index contributed by atoms with van der Waals surface area (Å²) in [6, 6.07) is 0. The summed E-state index contributed by atoms with van der Waals surface area (Å²) in [5.41, 5.74) is -0.513. The lowest BCUT2D eigenvalue weighted by Crippen LogP contribution is -2.37. The first-order valence-electron chi connectivity index (χ1n) is 5.31. The smallest absolute Gasteiger partial charge is 0.126 e. The van der Waals surface area contributed by atoms with Crippen LogP contribution in [0.2, 0.25) is 0 Å². The molecule has 0 amide bonds. The van der Waals surface area contributed by atoms with Crippen molar-refractivity contribution in [2.75, 3.05) is 0 Å². The molecule has 1 nitrogen and oxygen atoms in total. The summed E-state index contributed by atoms with van der Waals surface area (Å²) < 4.78 is 0. The van der Waals surface area contributed by atoms with Gasteiger partial charge in [-0.3, -0.25) is 0 Å². The van der Waals surface area contributed by atoms with E-state index in [0.717, 1.165) is 19.3 Å². The molecule has 78 valence electrons. The van der Waals surface area contributed by atoms with Gasteiger partial charge in [0, 0.05) is 6.42 Å². The average Bonchev–Trinajstić information content (AvgIpc) is 2.01. The molecule has 0 bridgehead atoms. The lowest BCUT2D eigenvalue weighted by Gasteiger charge is -2.38. The van der Waals surface area contributed by atoms with Crippen molar-refractivity contribution in [3.8, 4) is 11.8 Å². The monoisotopic (exact) mass is 192 g/mol. The van der Waals surface area contributed by atoms with Gasteiger partial charge in [-0.25, -0.2) is 0 Å². The SMILES string of the molecule is C=CCC#CC1(O)CCCC(C)(C)C1. The molecular weight excluding hydrogens is 172 g/mol. The Morgan fingerprint density at radius 1 is 1.43 bits per heavy atom. The van der Waals surface area contributed by atoms with Crippen LogP contribution < -0.4 is 0 Å². The minimum atomic E-state index is -0.745. The third-order valence-corrected chi connectivity index (χ3v) is 2.78. The summed E-state index contributed by atoms with van der Waals surface area (Å²) in [7, 11) is 0. The van der Waals surface area contributed by atoms with E-state index < -0.39 is 5.60 Å². The molecule has 1 atom stereocenters. The van der Waals surface area contributed by atoms with Crippen molar-refractivity contribution in [2.24, 2.45) is 5.41 Å². The highest BCUT2D eigenvalue weighted by molar-refractivity contribution is 5.17. The third kappa shape index (κ3) is 3.20. The minimum absolute atomic E-state index is 0.232. The van der Waals surface area contributed by atoms with Crippen LogP contribution in [0.3, 0.4) is 0 Å². The van der Waals surface area contributed by atoms with E-state index in [9.17, 15) is 5.11 Å². The van der Waals surface area contributed by atoms with Crippen LogP contribution in [-0.2, 0) is 0 Å². The molecule has 1 heteroatoms. The first kappa shape index (κ1) is 11.3. The third-order valence-electron chi connectivity index (χ3n) is 2.78. The Labute approximate surface area is 87.2 Å². The second-order valence-electron chi connectivity index (χ2n) is 5.02. The molecule has 0 aromatic rings. The van der Waals surface area contributed by atoms with Gasteiger partial charge >= 0.3 is 0 Å². The molecule has 0 radical (unpaired) electrons. The van der Waals surface area contributed by atoms with Gasteiger partial charge in [0.15, 0.2) is 0 Å². The highest BCUT2D eigenvalue weighted by atomic mass is 16.3. The predicted octanol–water partition coefficient (Wildman–Crippen LogP) is 2.90. The molecule has 1 aliphatic carbocycles. The maximum atomic E-state index is 10.2. The molecule has 1 unspecified atom stereocenters. The Morgan fingerprint density at radius 3 is 2.71 bits per heavy atom. The van der Waals surface area contributed by atoms with E-state index in [1.54, 1.807) is 6.08 Å². The van der Waals surface area contributed by atoms with E-state index in [-0.39, 0.29) is 5.41 Å². The van der Waals surface area contributed by atoms with Crippen LogP contribution in [0.1, 0.15) is 46.0 Å². The molecule has 1 fully saturated rings. The molecule has 0 aromatic heterocycles. The quantitative estimate of drug-likeness (QED) is 0.500. The van der Waals surface area contributed by atoms with Crippen LogP contribution in [0, 0.1) is 17.3 Å². The average molecular weight is 192 g/mol. The fourth-order valence-corrected chi connectivity index (χ4v) is 2.22. The molecule has 0 spiro atoms. The first-order chi connectivity index (χ1) is 6.47. The van der Waals surface area contributed by atoms with E-state index in [0.29, 0.717) is 6.42 Å². The largest absolute Gasteiger partial charge is 0.378 e. The zero-order chi connectivity index (χ0) is 10.7. The molecule has 0 saturated heterocycles. The normalized spacial score (nSPS) is 30.2. The Kier molecular flexibility index (Phi) is 3.39. The molecular formula is C13H20O. The number of hydrogen-bond donors (Lipinski definition) is 1. The molecule has 0 aromatic carbocycles. The van der Waals surface area contributed by atoms with Gasteiger partial charge in [-0.2, -0.15) is 0 Å². The van der Waals surface area contributed by atoms with Crippen LogP contribution in [-0.4, -0.2) is 10.7 Å². The van der Waals surface area contributed by atoms with Crippen LogP contribution >= 0.6 is 0 Å². The Hall–Kier alpha value is -0.740. The van der Waals surface area contributed by atoms with Crippen molar-refractivity contribution in [3.63, 3.8) is 0 Å². The summed E-state index contributed by atoms with van der Waals surface area (Å²) in [5, 5.41) is 10.2. The lowest BCUT2D eigenvalue weighted by molar-refractivity contribution is 0.00920. The van der Waals surface area contributed by atoms with E-state index in [1.165, 1.54) is 6.42 Å². The van der Waals surface area contributed by atoms with Gasteiger partial charge in [-0.05, 0) is 31.1 Å². The van der Waals surface area contributed by atoms with E-state index in [2.05, 4.69) is 32.3 Å². The standard InChI is InChI=1S/C13H20O/c1-4-5-6-9-13(14)10-7-8-12(2,3)11-13/h4,14H,1,5,7-8,10-11H2,2-3H3. The zero-order valence-electron chi connectivity index (χ0n) is 9.27.